The van der Waals surface area contributed by atoms with Gasteiger partial charge in [0.25, 0.3) is 0 Å². The number of carbonyl (C=O) groups excluding carboxylic acids is 1. The second kappa shape index (κ2) is 11.0. The molecule has 1 atom stereocenters. The standard InChI is InChI=1S/C24H31N5O2S/c1-6-28(7-2)19-15-13-18(14-16-19)22-26-27-24(29(22)8-3)32-17(4)23(30)25-20-11-9-10-12-21(20)31-5/h9-17H,6-8H2,1-5H3,(H,25,30). The summed E-state index contributed by atoms with van der Waals surface area (Å²) in [6.45, 7) is 10.9. The van der Waals surface area contributed by atoms with Gasteiger partial charge >= 0.3 is 0 Å². The summed E-state index contributed by atoms with van der Waals surface area (Å²) in [4.78, 5) is 15.1. The fraction of sp³-hybridized carbons (Fsp3) is 0.375. The van der Waals surface area contributed by atoms with Gasteiger partial charge in [-0.25, -0.2) is 0 Å². The second-order valence-corrected chi connectivity index (χ2v) is 8.53. The van der Waals surface area contributed by atoms with E-state index in [-0.39, 0.29) is 11.2 Å². The first-order valence-electron chi connectivity index (χ1n) is 10.9. The highest BCUT2D eigenvalue weighted by molar-refractivity contribution is 8.00. The molecule has 1 unspecified atom stereocenters. The molecule has 1 aromatic heterocycles. The largest absolute Gasteiger partial charge is 0.495 e. The Hall–Kier alpha value is -3.00. The highest BCUT2D eigenvalue weighted by atomic mass is 32.2. The van der Waals surface area contributed by atoms with Crippen LogP contribution in [-0.2, 0) is 11.3 Å². The Bertz CT molecular complexity index is 1030. The van der Waals surface area contributed by atoms with Crippen LogP contribution in [-0.4, -0.2) is 46.1 Å². The minimum absolute atomic E-state index is 0.115. The molecule has 7 nitrogen and oxygen atoms in total. The molecule has 0 radical (unpaired) electrons. The number of para-hydroxylation sites is 2. The van der Waals surface area contributed by atoms with Gasteiger partial charge in [0.1, 0.15) is 5.75 Å². The van der Waals surface area contributed by atoms with Gasteiger partial charge in [-0.3, -0.25) is 4.79 Å². The van der Waals surface area contributed by atoms with Crippen LogP contribution in [0.25, 0.3) is 11.4 Å². The van der Waals surface area contributed by atoms with E-state index in [1.54, 1.807) is 7.11 Å². The summed E-state index contributed by atoms with van der Waals surface area (Å²) in [5, 5.41) is 12.1. The SMILES string of the molecule is CCN(CC)c1ccc(-c2nnc(SC(C)C(=O)Nc3ccccc3OC)n2CC)cc1. The molecule has 0 aliphatic heterocycles. The van der Waals surface area contributed by atoms with E-state index >= 15 is 0 Å². The van der Waals surface area contributed by atoms with Crippen molar-refractivity contribution in [2.24, 2.45) is 0 Å². The molecule has 1 N–H and O–H groups in total. The molecule has 170 valence electrons. The molecule has 3 aromatic rings. The maximum absolute atomic E-state index is 12.8. The highest BCUT2D eigenvalue weighted by Crippen LogP contribution is 2.29. The third kappa shape index (κ3) is 5.24. The van der Waals surface area contributed by atoms with Gasteiger partial charge in [-0.05, 0) is 64.1 Å². The van der Waals surface area contributed by atoms with Crippen LogP contribution >= 0.6 is 11.8 Å². The Morgan fingerprint density at radius 1 is 1.09 bits per heavy atom. The smallest absolute Gasteiger partial charge is 0.237 e. The van der Waals surface area contributed by atoms with Crippen LogP contribution in [0.1, 0.15) is 27.7 Å². The number of thioether (sulfide) groups is 1. The third-order valence-electron chi connectivity index (χ3n) is 5.30. The summed E-state index contributed by atoms with van der Waals surface area (Å²) in [6.07, 6.45) is 0. The zero-order chi connectivity index (χ0) is 23.1. The van der Waals surface area contributed by atoms with Crippen molar-refractivity contribution in [3.05, 3.63) is 48.5 Å². The number of ether oxygens (including phenoxy) is 1. The van der Waals surface area contributed by atoms with Crippen molar-refractivity contribution in [1.82, 2.24) is 14.8 Å². The van der Waals surface area contributed by atoms with Gasteiger partial charge in [0, 0.05) is 30.9 Å². The van der Waals surface area contributed by atoms with Crippen molar-refractivity contribution < 1.29 is 9.53 Å². The Balaban J connectivity index is 1.75. The number of rotatable bonds is 10. The molecule has 0 bridgehead atoms. The predicted octanol–water partition coefficient (Wildman–Crippen LogP) is 4.94. The maximum atomic E-state index is 12.8. The normalized spacial score (nSPS) is 11.8. The van der Waals surface area contributed by atoms with E-state index in [9.17, 15) is 4.79 Å². The van der Waals surface area contributed by atoms with Crippen LogP contribution in [0.5, 0.6) is 5.75 Å². The van der Waals surface area contributed by atoms with Crippen LogP contribution in [0.15, 0.2) is 53.7 Å². The number of nitrogens with one attached hydrogen (secondary N) is 1. The molecule has 3 rings (SSSR count). The Morgan fingerprint density at radius 3 is 2.41 bits per heavy atom. The molecule has 0 saturated heterocycles. The van der Waals surface area contributed by atoms with E-state index in [1.807, 2.05) is 35.8 Å². The van der Waals surface area contributed by atoms with Crippen molar-refractivity contribution in [2.75, 3.05) is 30.4 Å². The fourth-order valence-corrected chi connectivity index (χ4v) is 4.39. The van der Waals surface area contributed by atoms with Crippen LogP contribution < -0.4 is 15.0 Å². The summed E-state index contributed by atoms with van der Waals surface area (Å²) in [5.74, 6) is 1.32. The Labute approximate surface area is 194 Å². The number of hydrogen-bond donors (Lipinski definition) is 1. The van der Waals surface area contributed by atoms with Gasteiger partial charge in [-0.2, -0.15) is 0 Å². The van der Waals surface area contributed by atoms with E-state index < -0.39 is 0 Å². The summed E-state index contributed by atoms with van der Waals surface area (Å²) < 4.78 is 7.37. The lowest BCUT2D eigenvalue weighted by atomic mass is 10.2. The number of nitrogens with zero attached hydrogens (tertiary/aromatic N) is 4. The number of hydrogen-bond acceptors (Lipinski definition) is 6. The van der Waals surface area contributed by atoms with Gasteiger partial charge in [0.15, 0.2) is 11.0 Å². The quantitative estimate of drug-likeness (QED) is 0.439. The van der Waals surface area contributed by atoms with Gasteiger partial charge in [-0.15, -0.1) is 10.2 Å². The molecular weight excluding hydrogens is 422 g/mol. The first kappa shape index (κ1) is 23.7. The van der Waals surface area contributed by atoms with Crippen molar-refractivity contribution in [1.29, 1.82) is 0 Å². The summed E-state index contributed by atoms with van der Waals surface area (Å²) in [5.41, 5.74) is 2.85. The fourth-order valence-electron chi connectivity index (χ4n) is 3.48. The molecule has 0 aliphatic rings. The Kier molecular flexibility index (Phi) is 8.16. The monoisotopic (exact) mass is 453 g/mol. The topological polar surface area (TPSA) is 72.3 Å². The first-order valence-corrected chi connectivity index (χ1v) is 11.8. The van der Waals surface area contributed by atoms with Crippen LogP contribution in [0, 0.1) is 0 Å². The molecule has 0 spiro atoms. The number of anilines is 2. The number of aromatic nitrogens is 3. The van der Waals surface area contributed by atoms with E-state index in [0.29, 0.717) is 18.0 Å². The molecule has 8 heteroatoms. The third-order valence-corrected chi connectivity index (χ3v) is 6.38. The lowest BCUT2D eigenvalue weighted by Crippen LogP contribution is -2.23. The van der Waals surface area contributed by atoms with Gasteiger partial charge < -0.3 is 19.5 Å². The lowest BCUT2D eigenvalue weighted by Gasteiger charge is -2.21. The number of carbonyl (C=O) groups is 1. The molecular formula is C24H31N5O2S. The van der Waals surface area contributed by atoms with Gasteiger partial charge in [0.2, 0.25) is 5.91 Å². The van der Waals surface area contributed by atoms with Gasteiger partial charge in [-0.1, -0.05) is 23.9 Å². The van der Waals surface area contributed by atoms with E-state index in [1.165, 1.54) is 17.4 Å². The predicted molar refractivity (Wildman–Crippen MR) is 132 cm³/mol. The zero-order valence-electron chi connectivity index (χ0n) is 19.3. The number of benzene rings is 2. The molecule has 32 heavy (non-hydrogen) atoms. The molecule has 0 saturated carbocycles. The van der Waals surface area contributed by atoms with E-state index in [2.05, 4.69) is 65.5 Å². The minimum Gasteiger partial charge on any atom is -0.495 e. The first-order chi connectivity index (χ1) is 15.5. The average molecular weight is 454 g/mol. The summed E-state index contributed by atoms with van der Waals surface area (Å²) in [7, 11) is 1.59. The highest BCUT2D eigenvalue weighted by Gasteiger charge is 2.21. The van der Waals surface area contributed by atoms with Crippen LogP contribution in [0.2, 0.25) is 0 Å². The van der Waals surface area contributed by atoms with Crippen molar-refractivity contribution in [3.8, 4) is 17.1 Å². The molecule has 1 amide bonds. The molecule has 0 aliphatic carbocycles. The number of amides is 1. The molecule has 2 aromatic carbocycles. The van der Waals surface area contributed by atoms with Crippen LogP contribution in [0.3, 0.4) is 0 Å². The Morgan fingerprint density at radius 2 is 1.78 bits per heavy atom. The summed E-state index contributed by atoms with van der Waals surface area (Å²) >= 11 is 1.39. The average Bonchev–Trinajstić information content (AvgIpc) is 3.23. The lowest BCUT2D eigenvalue weighted by molar-refractivity contribution is -0.115. The van der Waals surface area contributed by atoms with Crippen molar-refractivity contribution >= 4 is 29.0 Å². The van der Waals surface area contributed by atoms with E-state index in [4.69, 9.17) is 4.74 Å². The maximum Gasteiger partial charge on any atom is 0.237 e. The molecule has 1 heterocycles. The van der Waals surface area contributed by atoms with Crippen molar-refractivity contribution in [2.45, 2.75) is 44.6 Å². The number of methoxy groups -OCH3 is 1. The van der Waals surface area contributed by atoms with E-state index in [0.717, 1.165) is 29.6 Å². The molecule has 0 fully saturated rings. The van der Waals surface area contributed by atoms with Crippen molar-refractivity contribution in [3.63, 3.8) is 0 Å². The summed E-state index contributed by atoms with van der Waals surface area (Å²) in [6, 6.07) is 15.8. The zero-order valence-corrected chi connectivity index (χ0v) is 20.1. The van der Waals surface area contributed by atoms with Crippen LogP contribution in [0.4, 0.5) is 11.4 Å². The second-order valence-electron chi connectivity index (χ2n) is 7.22. The van der Waals surface area contributed by atoms with Gasteiger partial charge in [0.05, 0.1) is 18.0 Å². The minimum atomic E-state index is -0.354.